The minimum atomic E-state index is -0.379. The fourth-order valence-electron chi connectivity index (χ4n) is 1.58. The van der Waals surface area contributed by atoms with Crippen molar-refractivity contribution in [2.24, 2.45) is 0 Å². The molecule has 1 rings (SSSR count). The monoisotopic (exact) mass is 342 g/mol. The zero-order valence-electron chi connectivity index (χ0n) is 11.9. The smallest absolute Gasteiger partial charge is 0.338 e. The van der Waals surface area contributed by atoms with Gasteiger partial charge >= 0.3 is 11.9 Å². The largest absolute Gasteiger partial charge is 0.465 e. The SMILES string of the molecule is CCOC(=O)C(Br)Cc1ccc(C(=O)OC(C)C)cc1. The van der Waals surface area contributed by atoms with Gasteiger partial charge in [0.05, 0.1) is 18.3 Å². The Morgan fingerprint density at radius 2 is 1.80 bits per heavy atom. The first-order chi connectivity index (χ1) is 9.43. The summed E-state index contributed by atoms with van der Waals surface area (Å²) < 4.78 is 10.0. The third-order valence-electron chi connectivity index (χ3n) is 2.49. The Bertz CT molecular complexity index is 453. The van der Waals surface area contributed by atoms with Crippen LogP contribution in [0.5, 0.6) is 0 Å². The highest BCUT2D eigenvalue weighted by Gasteiger charge is 2.17. The Labute approximate surface area is 127 Å². The summed E-state index contributed by atoms with van der Waals surface area (Å²) in [6, 6.07) is 7.02. The van der Waals surface area contributed by atoms with Gasteiger partial charge in [-0.25, -0.2) is 4.79 Å². The van der Waals surface area contributed by atoms with Gasteiger partial charge in [0.2, 0.25) is 0 Å². The number of esters is 2. The summed E-state index contributed by atoms with van der Waals surface area (Å²) in [5.74, 6) is -0.622. The molecule has 1 aromatic rings. The third kappa shape index (κ3) is 5.33. The second-order valence-electron chi connectivity index (χ2n) is 4.57. The molecule has 1 aromatic carbocycles. The second-order valence-corrected chi connectivity index (χ2v) is 5.68. The van der Waals surface area contributed by atoms with E-state index in [1.54, 1.807) is 32.9 Å². The molecule has 1 atom stereocenters. The summed E-state index contributed by atoms with van der Waals surface area (Å²) in [5.41, 5.74) is 1.45. The normalized spacial score (nSPS) is 12.1. The standard InChI is InChI=1S/C15H19BrO4/c1-4-19-15(18)13(16)9-11-5-7-12(8-6-11)14(17)20-10(2)3/h5-8,10,13H,4,9H2,1-3H3. The van der Waals surface area contributed by atoms with Gasteiger partial charge in [0.1, 0.15) is 4.83 Å². The van der Waals surface area contributed by atoms with Crippen LogP contribution in [0.25, 0.3) is 0 Å². The van der Waals surface area contributed by atoms with Gasteiger partial charge in [-0.1, -0.05) is 28.1 Å². The number of benzene rings is 1. The molecule has 110 valence electrons. The summed E-state index contributed by atoms with van der Waals surface area (Å²) in [5, 5.41) is 0. The predicted octanol–water partition coefficient (Wildman–Crippen LogP) is 3.12. The van der Waals surface area contributed by atoms with Gasteiger partial charge < -0.3 is 9.47 Å². The molecule has 0 amide bonds. The highest BCUT2D eigenvalue weighted by molar-refractivity contribution is 9.10. The van der Waals surface area contributed by atoms with E-state index in [0.717, 1.165) is 5.56 Å². The van der Waals surface area contributed by atoms with Crippen molar-refractivity contribution in [2.75, 3.05) is 6.61 Å². The molecular formula is C15H19BrO4. The van der Waals surface area contributed by atoms with Crippen molar-refractivity contribution in [1.29, 1.82) is 0 Å². The quantitative estimate of drug-likeness (QED) is 0.588. The number of hydrogen-bond donors (Lipinski definition) is 0. The molecule has 4 nitrogen and oxygen atoms in total. The lowest BCUT2D eigenvalue weighted by Gasteiger charge is -2.10. The van der Waals surface area contributed by atoms with E-state index in [9.17, 15) is 9.59 Å². The minimum Gasteiger partial charge on any atom is -0.465 e. The highest BCUT2D eigenvalue weighted by atomic mass is 79.9. The van der Waals surface area contributed by atoms with Gasteiger partial charge in [-0.15, -0.1) is 0 Å². The first-order valence-electron chi connectivity index (χ1n) is 6.54. The van der Waals surface area contributed by atoms with Crippen LogP contribution in [0, 0.1) is 0 Å². The Hall–Kier alpha value is -1.36. The van der Waals surface area contributed by atoms with E-state index in [1.807, 2.05) is 12.1 Å². The molecule has 0 N–H and O–H groups in total. The van der Waals surface area contributed by atoms with Crippen molar-refractivity contribution < 1.29 is 19.1 Å². The summed E-state index contributed by atoms with van der Waals surface area (Å²) in [6.07, 6.45) is 0.371. The molecule has 1 unspecified atom stereocenters. The Morgan fingerprint density at radius 3 is 2.30 bits per heavy atom. The summed E-state index contributed by atoms with van der Waals surface area (Å²) in [7, 11) is 0. The van der Waals surface area contributed by atoms with Gasteiger partial charge in [-0.05, 0) is 44.9 Å². The average Bonchev–Trinajstić information content (AvgIpc) is 2.39. The molecule has 0 radical (unpaired) electrons. The molecule has 0 spiro atoms. The number of ether oxygens (including phenoxy) is 2. The lowest BCUT2D eigenvalue weighted by Crippen LogP contribution is -2.19. The fraction of sp³-hybridized carbons (Fsp3) is 0.467. The first kappa shape index (κ1) is 16.7. The van der Waals surface area contributed by atoms with Crippen LogP contribution < -0.4 is 0 Å². The Balaban J connectivity index is 2.62. The molecule has 0 aliphatic carbocycles. The maximum absolute atomic E-state index is 11.7. The minimum absolute atomic E-state index is 0.141. The topological polar surface area (TPSA) is 52.6 Å². The maximum Gasteiger partial charge on any atom is 0.338 e. The average molecular weight is 343 g/mol. The first-order valence-corrected chi connectivity index (χ1v) is 7.46. The van der Waals surface area contributed by atoms with Crippen molar-refractivity contribution in [2.45, 2.75) is 38.1 Å². The van der Waals surface area contributed by atoms with Crippen LogP contribution in [-0.2, 0) is 20.7 Å². The molecule has 0 aliphatic heterocycles. The summed E-state index contributed by atoms with van der Waals surface area (Å²) in [4.78, 5) is 22.8. The maximum atomic E-state index is 11.7. The summed E-state index contributed by atoms with van der Waals surface area (Å²) in [6.45, 7) is 5.75. The molecule has 20 heavy (non-hydrogen) atoms. The highest BCUT2D eigenvalue weighted by Crippen LogP contribution is 2.14. The van der Waals surface area contributed by atoms with Crippen molar-refractivity contribution in [3.05, 3.63) is 35.4 Å². The van der Waals surface area contributed by atoms with E-state index in [-0.39, 0.29) is 22.9 Å². The van der Waals surface area contributed by atoms with Crippen LogP contribution in [0.3, 0.4) is 0 Å². The van der Waals surface area contributed by atoms with Crippen molar-refractivity contribution in [3.8, 4) is 0 Å². The molecule has 0 aliphatic rings. The van der Waals surface area contributed by atoms with Gasteiger partial charge in [0.25, 0.3) is 0 Å². The van der Waals surface area contributed by atoms with E-state index >= 15 is 0 Å². The van der Waals surface area contributed by atoms with Crippen LogP contribution in [0.2, 0.25) is 0 Å². The molecule has 5 heteroatoms. The van der Waals surface area contributed by atoms with Crippen LogP contribution in [0.4, 0.5) is 0 Å². The second kappa shape index (κ2) is 8.04. The molecule has 0 heterocycles. The van der Waals surface area contributed by atoms with Crippen molar-refractivity contribution in [3.63, 3.8) is 0 Å². The zero-order valence-corrected chi connectivity index (χ0v) is 13.5. The lowest BCUT2D eigenvalue weighted by molar-refractivity contribution is -0.142. The van der Waals surface area contributed by atoms with Crippen LogP contribution >= 0.6 is 15.9 Å². The van der Waals surface area contributed by atoms with E-state index in [4.69, 9.17) is 9.47 Å². The molecule has 0 aromatic heterocycles. The Morgan fingerprint density at radius 1 is 1.20 bits per heavy atom. The Kier molecular flexibility index (Phi) is 6.71. The van der Waals surface area contributed by atoms with E-state index in [1.165, 1.54) is 0 Å². The van der Waals surface area contributed by atoms with Gasteiger partial charge in [-0.3, -0.25) is 4.79 Å². The number of alkyl halides is 1. The van der Waals surface area contributed by atoms with E-state index in [2.05, 4.69) is 15.9 Å². The van der Waals surface area contributed by atoms with Gasteiger partial charge in [-0.2, -0.15) is 0 Å². The molecule has 0 saturated carbocycles. The van der Waals surface area contributed by atoms with Crippen molar-refractivity contribution in [1.82, 2.24) is 0 Å². The third-order valence-corrected chi connectivity index (χ3v) is 3.19. The van der Waals surface area contributed by atoms with E-state index < -0.39 is 0 Å². The molecular weight excluding hydrogens is 324 g/mol. The van der Waals surface area contributed by atoms with Gasteiger partial charge in [0, 0.05) is 0 Å². The fourth-order valence-corrected chi connectivity index (χ4v) is 2.09. The van der Waals surface area contributed by atoms with Crippen LogP contribution in [0.15, 0.2) is 24.3 Å². The molecule has 0 fully saturated rings. The van der Waals surface area contributed by atoms with E-state index in [0.29, 0.717) is 18.6 Å². The number of carbonyl (C=O) groups is 2. The van der Waals surface area contributed by atoms with Crippen LogP contribution in [-0.4, -0.2) is 29.5 Å². The lowest BCUT2D eigenvalue weighted by atomic mass is 10.1. The molecule has 0 bridgehead atoms. The number of rotatable bonds is 6. The van der Waals surface area contributed by atoms with Crippen LogP contribution in [0.1, 0.15) is 36.7 Å². The number of carbonyl (C=O) groups excluding carboxylic acids is 2. The summed E-state index contributed by atoms with van der Waals surface area (Å²) >= 11 is 3.30. The zero-order chi connectivity index (χ0) is 15.1. The predicted molar refractivity (Wildman–Crippen MR) is 80.0 cm³/mol. The number of hydrogen-bond acceptors (Lipinski definition) is 4. The van der Waals surface area contributed by atoms with Crippen molar-refractivity contribution >= 4 is 27.9 Å². The molecule has 0 saturated heterocycles. The number of halogens is 1. The van der Waals surface area contributed by atoms with Gasteiger partial charge in [0.15, 0.2) is 0 Å².